The van der Waals surface area contributed by atoms with Crippen molar-refractivity contribution in [3.05, 3.63) is 59.2 Å². The number of rotatable bonds is 3. The van der Waals surface area contributed by atoms with E-state index in [4.69, 9.17) is 16.3 Å². The minimum absolute atomic E-state index is 0.181. The van der Waals surface area contributed by atoms with Gasteiger partial charge < -0.3 is 15.0 Å². The second kappa shape index (κ2) is 7.66. The normalized spacial score (nSPS) is 14.3. The second-order valence-corrected chi connectivity index (χ2v) is 7.10. The van der Waals surface area contributed by atoms with Gasteiger partial charge in [0.2, 0.25) is 5.91 Å². The number of benzene rings is 2. The van der Waals surface area contributed by atoms with Gasteiger partial charge in [0.15, 0.2) is 0 Å². The quantitative estimate of drug-likeness (QED) is 0.724. The molecular weight excluding hydrogens is 378 g/mol. The van der Waals surface area contributed by atoms with Crippen molar-refractivity contribution in [2.45, 2.75) is 6.92 Å². The number of carbonyl (C=O) groups is 2. The van der Waals surface area contributed by atoms with Crippen LogP contribution < -0.4 is 10.2 Å². The maximum atomic E-state index is 13.1. The predicted molar refractivity (Wildman–Crippen MR) is 111 cm³/mol. The molecule has 0 spiro atoms. The summed E-state index contributed by atoms with van der Waals surface area (Å²) in [5.41, 5.74) is 2.73. The third kappa shape index (κ3) is 3.48. The van der Waals surface area contributed by atoms with Crippen LogP contribution in [0.2, 0.25) is 5.02 Å². The van der Waals surface area contributed by atoms with Gasteiger partial charge in [0.25, 0.3) is 5.91 Å². The molecule has 144 valence electrons. The van der Waals surface area contributed by atoms with E-state index < -0.39 is 0 Å². The molecule has 0 atom stereocenters. The highest BCUT2D eigenvalue weighted by Gasteiger charge is 2.20. The molecule has 1 amide bonds. The summed E-state index contributed by atoms with van der Waals surface area (Å²) < 4.78 is 6.87. The maximum Gasteiger partial charge on any atom is 0.257 e. The Kier molecular flexibility index (Phi) is 5.07. The number of amides is 1. The molecule has 0 saturated carbocycles. The van der Waals surface area contributed by atoms with Crippen molar-refractivity contribution in [2.24, 2.45) is 0 Å². The Morgan fingerprint density at radius 2 is 1.86 bits per heavy atom. The van der Waals surface area contributed by atoms with E-state index in [0.29, 0.717) is 34.7 Å². The van der Waals surface area contributed by atoms with Gasteiger partial charge in [0.1, 0.15) is 0 Å². The van der Waals surface area contributed by atoms with Crippen molar-refractivity contribution < 1.29 is 14.3 Å². The van der Waals surface area contributed by atoms with Crippen LogP contribution in [0.5, 0.6) is 0 Å². The Morgan fingerprint density at radius 3 is 2.61 bits per heavy atom. The average Bonchev–Trinajstić information content (AvgIpc) is 3.08. The summed E-state index contributed by atoms with van der Waals surface area (Å²) in [7, 11) is 0. The Balaban J connectivity index is 1.69. The zero-order chi connectivity index (χ0) is 19.7. The van der Waals surface area contributed by atoms with E-state index in [1.807, 2.05) is 24.3 Å². The lowest BCUT2D eigenvalue weighted by Crippen LogP contribution is -2.36. The summed E-state index contributed by atoms with van der Waals surface area (Å²) in [6.07, 6.45) is 1.57. The first-order chi connectivity index (χ1) is 13.5. The predicted octanol–water partition coefficient (Wildman–Crippen LogP) is 4.04. The van der Waals surface area contributed by atoms with Crippen molar-refractivity contribution in [3.8, 4) is 0 Å². The summed E-state index contributed by atoms with van der Waals surface area (Å²) in [5, 5.41) is 4.20. The van der Waals surface area contributed by atoms with Crippen LogP contribution in [-0.2, 0) is 4.74 Å². The number of hydrogen-bond donors (Lipinski definition) is 1. The number of ether oxygens (including phenoxy) is 1. The molecular formula is C21H20ClN3O3. The monoisotopic (exact) mass is 397 g/mol. The van der Waals surface area contributed by atoms with Crippen LogP contribution in [0, 0.1) is 0 Å². The fourth-order valence-electron chi connectivity index (χ4n) is 3.49. The van der Waals surface area contributed by atoms with Crippen LogP contribution in [0.3, 0.4) is 0 Å². The van der Waals surface area contributed by atoms with Gasteiger partial charge in [-0.2, -0.15) is 0 Å². The molecule has 1 saturated heterocycles. The lowest BCUT2D eigenvalue weighted by molar-refractivity contribution is 0.0941. The fraction of sp³-hybridized carbons (Fsp3) is 0.238. The van der Waals surface area contributed by atoms with Crippen molar-refractivity contribution in [1.82, 2.24) is 4.57 Å². The SMILES string of the molecule is CC(=O)n1cc(C(=O)Nc2ccccc2N2CCOCC2)c2ccc(Cl)cc21. The molecule has 1 aliphatic rings. The largest absolute Gasteiger partial charge is 0.378 e. The number of carbonyl (C=O) groups excluding carboxylic acids is 2. The molecule has 0 unspecified atom stereocenters. The molecule has 6 nitrogen and oxygen atoms in total. The molecule has 0 aliphatic carbocycles. The lowest BCUT2D eigenvalue weighted by Gasteiger charge is -2.30. The molecule has 4 rings (SSSR count). The number of anilines is 2. The van der Waals surface area contributed by atoms with E-state index in [-0.39, 0.29) is 11.8 Å². The van der Waals surface area contributed by atoms with Crippen molar-refractivity contribution in [1.29, 1.82) is 0 Å². The first-order valence-electron chi connectivity index (χ1n) is 9.09. The van der Waals surface area contributed by atoms with Crippen LogP contribution >= 0.6 is 11.6 Å². The highest BCUT2D eigenvalue weighted by molar-refractivity contribution is 6.31. The number of halogens is 1. The van der Waals surface area contributed by atoms with Gasteiger partial charge >= 0.3 is 0 Å². The molecule has 0 radical (unpaired) electrons. The average molecular weight is 398 g/mol. The van der Waals surface area contributed by atoms with E-state index in [1.165, 1.54) is 11.5 Å². The second-order valence-electron chi connectivity index (χ2n) is 6.66. The smallest absolute Gasteiger partial charge is 0.257 e. The van der Waals surface area contributed by atoms with E-state index in [1.54, 1.807) is 24.4 Å². The van der Waals surface area contributed by atoms with Crippen LogP contribution in [0.15, 0.2) is 48.7 Å². The summed E-state index contributed by atoms with van der Waals surface area (Å²) in [6, 6.07) is 12.9. The number of aromatic nitrogens is 1. The maximum absolute atomic E-state index is 13.1. The van der Waals surface area contributed by atoms with E-state index >= 15 is 0 Å². The molecule has 1 N–H and O–H groups in total. The molecule has 7 heteroatoms. The van der Waals surface area contributed by atoms with Gasteiger partial charge in [0, 0.05) is 36.6 Å². The number of hydrogen-bond acceptors (Lipinski definition) is 4. The zero-order valence-electron chi connectivity index (χ0n) is 15.4. The van der Waals surface area contributed by atoms with Gasteiger partial charge in [-0.15, -0.1) is 0 Å². The highest BCUT2D eigenvalue weighted by atomic mass is 35.5. The Labute approximate surface area is 167 Å². The number of morpholine rings is 1. The third-order valence-electron chi connectivity index (χ3n) is 4.86. The molecule has 2 aromatic carbocycles. The van der Waals surface area contributed by atoms with Gasteiger partial charge in [-0.1, -0.05) is 29.8 Å². The highest BCUT2D eigenvalue weighted by Crippen LogP contribution is 2.29. The van der Waals surface area contributed by atoms with Crippen LogP contribution in [0.4, 0.5) is 11.4 Å². The van der Waals surface area contributed by atoms with Crippen molar-refractivity contribution in [3.63, 3.8) is 0 Å². The zero-order valence-corrected chi connectivity index (χ0v) is 16.2. The van der Waals surface area contributed by atoms with E-state index in [2.05, 4.69) is 10.2 Å². The van der Waals surface area contributed by atoms with Gasteiger partial charge in [0.05, 0.1) is 35.7 Å². The molecule has 28 heavy (non-hydrogen) atoms. The van der Waals surface area contributed by atoms with Crippen LogP contribution in [0.1, 0.15) is 22.1 Å². The number of fused-ring (bicyclic) bond motifs is 1. The summed E-state index contributed by atoms with van der Waals surface area (Å²) >= 11 is 6.08. The number of nitrogens with one attached hydrogen (secondary N) is 1. The standard InChI is InChI=1S/C21H20ClN3O3/c1-14(26)25-13-17(16-7-6-15(22)12-20(16)25)21(27)23-18-4-2-3-5-19(18)24-8-10-28-11-9-24/h2-7,12-13H,8-11H2,1H3,(H,23,27). The van der Waals surface area contributed by atoms with Crippen LogP contribution in [0.25, 0.3) is 10.9 Å². The van der Waals surface area contributed by atoms with E-state index in [9.17, 15) is 9.59 Å². The number of para-hydroxylation sites is 2. The Morgan fingerprint density at radius 1 is 1.11 bits per heavy atom. The molecule has 1 aliphatic heterocycles. The van der Waals surface area contributed by atoms with Crippen molar-refractivity contribution in [2.75, 3.05) is 36.5 Å². The Hall–Kier alpha value is -2.83. The van der Waals surface area contributed by atoms with Gasteiger partial charge in [-0.3, -0.25) is 14.2 Å². The summed E-state index contributed by atoms with van der Waals surface area (Å²) in [6.45, 7) is 4.32. The van der Waals surface area contributed by atoms with Crippen molar-refractivity contribution >= 4 is 45.7 Å². The Bertz CT molecular complexity index is 1050. The first kappa shape index (κ1) is 18.5. The minimum atomic E-state index is -0.270. The molecule has 1 aromatic heterocycles. The number of nitrogens with zero attached hydrogens (tertiary/aromatic N) is 2. The molecule has 0 bridgehead atoms. The van der Waals surface area contributed by atoms with Gasteiger partial charge in [-0.05, 0) is 24.3 Å². The molecule has 3 aromatic rings. The minimum Gasteiger partial charge on any atom is -0.378 e. The molecule has 2 heterocycles. The first-order valence-corrected chi connectivity index (χ1v) is 9.47. The topological polar surface area (TPSA) is 63.6 Å². The van der Waals surface area contributed by atoms with Crippen LogP contribution in [-0.4, -0.2) is 42.7 Å². The van der Waals surface area contributed by atoms with Gasteiger partial charge in [-0.25, -0.2) is 0 Å². The van der Waals surface area contributed by atoms with E-state index in [0.717, 1.165) is 24.5 Å². The molecule has 1 fully saturated rings. The fourth-order valence-corrected chi connectivity index (χ4v) is 3.66. The lowest BCUT2D eigenvalue weighted by atomic mass is 10.1. The third-order valence-corrected chi connectivity index (χ3v) is 5.09. The summed E-state index contributed by atoms with van der Waals surface area (Å²) in [5.74, 6) is -0.451. The summed E-state index contributed by atoms with van der Waals surface area (Å²) in [4.78, 5) is 27.3.